The SMILES string of the molecule is CCCn1c(=O)c2sccc2n(CC(=O)Nc2ccccc2C(=O)OCC)c1=O. The van der Waals surface area contributed by atoms with Gasteiger partial charge in [0.05, 0.1) is 23.4 Å². The Morgan fingerprint density at radius 2 is 1.86 bits per heavy atom. The predicted octanol–water partition coefficient (Wildman–Crippen LogP) is 2.45. The lowest BCUT2D eigenvalue weighted by Gasteiger charge is -2.13. The van der Waals surface area contributed by atoms with Crippen LogP contribution in [0.5, 0.6) is 0 Å². The van der Waals surface area contributed by atoms with Gasteiger partial charge in [-0.3, -0.25) is 18.7 Å². The van der Waals surface area contributed by atoms with E-state index < -0.39 is 17.6 Å². The molecule has 0 radical (unpaired) electrons. The highest BCUT2D eigenvalue weighted by Crippen LogP contribution is 2.18. The van der Waals surface area contributed by atoms with Crippen LogP contribution >= 0.6 is 11.3 Å². The second-order valence-corrected chi connectivity index (χ2v) is 7.19. The Labute approximate surface area is 170 Å². The molecular formula is C20H21N3O5S. The first kappa shape index (κ1) is 20.5. The molecule has 8 nitrogen and oxygen atoms in total. The van der Waals surface area contributed by atoms with Crippen LogP contribution in [0.2, 0.25) is 0 Å². The fourth-order valence-corrected chi connectivity index (χ4v) is 3.86. The third kappa shape index (κ3) is 4.14. The molecule has 152 valence electrons. The highest BCUT2D eigenvalue weighted by molar-refractivity contribution is 7.17. The summed E-state index contributed by atoms with van der Waals surface area (Å²) in [4.78, 5) is 50.1. The second-order valence-electron chi connectivity index (χ2n) is 6.27. The zero-order valence-electron chi connectivity index (χ0n) is 16.1. The minimum Gasteiger partial charge on any atom is -0.462 e. The van der Waals surface area contributed by atoms with Crippen molar-refractivity contribution < 1.29 is 14.3 Å². The first-order valence-corrected chi connectivity index (χ1v) is 10.1. The number of nitrogens with zero attached hydrogens (tertiary/aromatic N) is 2. The van der Waals surface area contributed by atoms with E-state index in [9.17, 15) is 19.2 Å². The minimum absolute atomic E-state index is 0.214. The number of fused-ring (bicyclic) bond motifs is 1. The summed E-state index contributed by atoms with van der Waals surface area (Å²) in [5.41, 5.74) is 0.0769. The number of aromatic nitrogens is 2. The molecule has 1 aromatic carbocycles. The van der Waals surface area contributed by atoms with E-state index in [-0.39, 0.29) is 30.8 Å². The Kier molecular flexibility index (Phi) is 6.28. The number of anilines is 1. The second kappa shape index (κ2) is 8.87. The quantitative estimate of drug-likeness (QED) is 0.598. The number of thiophene rings is 1. The molecule has 3 rings (SSSR count). The molecule has 1 N–H and O–H groups in total. The van der Waals surface area contributed by atoms with Crippen LogP contribution in [0.15, 0.2) is 45.3 Å². The van der Waals surface area contributed by atoms with Crippen molar-refractivity contribution in [2.75, 3.05) is 11.9 Å². The predicted molar refractivity (Wildman–Crippen MR) is 112 cm³/mol. The number of rotatable bonds is 7. The van der Waals surface area contributed by atoms with Gasteiger partial charge in [-0.2, -0.15) is 0 Å². The lowest BCUT2D eigenvalue weighted by atomic mass is 10.2. The molecule has 29 heavy (non-hydrogen) atoms. The van der Waals surface area contributed by atoms with Crippen molar-refractivity contribution in [2.45, 2.75) is 33.4 Å². The lowest BCUT2D eigenvalue weighted by Crippen LogP contribution is -2.41. The van der Waals surface area contributed by atoms with Crippen molar-refractivity contribution in [1.29, 1.82) is 0 Å². The van der Waals surface area contributed by atoms with E-state index in [0.29, 0.717) is 22.3 Å². The van der Waals surface area contributed by atoms with Crippen molar-refractivity contribution >= 4 is 39.1 Å². The number of nitrogens with one attached hydrogen (secondary N) is 1. The number of hydrogen-bond donors (Lipinski definition) is 1. The van der Waals surface area contributed by atoms with Crippen molar-refractivity contribution in [3.05, 3.63) is 62.1 Å². The molecule has 3 aromatic rings. The first-order chi connectivity index (χ1) is 14.0. The van der Waals surface area contributed by atoms with Gasteiger partial charge in [0.2, 0.25) is 5.91 Å². The summed E-state index contributed by atoms with van der Waals surface area (Å²) < 4.78 is 7.87. The van der Waals surface area contributed by atoms with Gasteiger partial charge in [-0.1, -0.05) is 19.1 Å². The highest BCUT2D eigenvalue weighted by Gasteiger charge is 2.18. The normalized spacial score (nSPS) is 10.8. The van der Waals surface area contributed by atoms with Crippen molar-refractivity contribution in [1.82, 2.24) is 9.13 Å². The summed E-state index contributed by atoms with van der Waals surface area (Å²) in [6, 6.07) is 8.15. The van der Waals surface area contributed by atoms with Crippen LogP contribution in [-0.4, -0.2) is 27.6 Å². The maximum Gasteiger partial charge on any atom is 0.340 e. The van der Waals surface area contributed by atoms with Gasteiger partial charge in [0.1, 0.15) is 11.2 Å². The maximum atomic E-state index is 12.8. The van der Waals surface area contributed by atoms with Gasteiger partial charge in [0.25, 0.3) is 5.56 Å². The minimum atomic E-state index is -0.544. The van der Waals surface area contributed by atoms with E-state index >= 15 is 0 Å². The van der Waals surface area contributed by atoms with Crippen LogP contribution in [0, 0.1) is 0 Å². The zero-order valence-corrected chi connectivity index (χ0v) is 17.0. The Morgan fingerprint density at radius 1 is 1.10 bits per heavy atom. The Hall–Kier alpha value is -3.20. The summed E-state index contributed by atoms with van der Waals surface area (Å²) in [6.07, 6.45) is 0.616. The van der Waals surface area contributed by atoms with Gasteiger partial charge in [-0.25, -0.2) is 9.59 Å². The molecular weight excluding hydrogens is 394 g/mol. The average Bonchev–Trinajstić information content (AvgIpc) is 3.19. The lowest BCUT2D eigenvalue weighted by molar-refractivity contribution is -0.116. The Balaban J connectivity index is 1.94. The third-order valence-electron chi connectivity index (χ3n) is 4.28. The Morgan fingerprint density at radius 3 is 2.59 bits per heavy atom. The number of hydrogen-bond acceptors (Lipinski definition) is 6. The molecule has 0 bridgehead atoms. The standard InChI is InChI=1S/C20H21N3O5S/c1-3-10-22-18(25)17-15(9-11-29-17)23(20(22)27)12-16(24)21-14-8-6-5-7-13(14)19(26)28-4-2/h5-9,11H,3-4,10,12H2,1-2H3,(H,21,24). The number of para-hydroxylation sites is 1. The van der Waals surface area contributed by atoms with E-state index in [4.69, 9.17) is 4.74 Å². The number of amides is 1. The van der Waals surface area contributed by atoms with Crippen molar-refractivity contribution in [3.8, 4) is 0 Å². The van der Waals surface area contributed by atoms with Crippen molar-refractivity contribution in [3.63, 3.8) is 0 Å². The monoisotopic (exact) mass is 415 g/mol. The molecule has 0 aliphatic heterocycles. The van der Waals surface area contributed by atoms with E-state index in [1.54, 1.807) is 42.6 Å². The molecule has 0 saturated heterocycles. The maximum absolute atomic E-state index is 12.8. The topological polar surface area (TPSA) is 99.4 Å². The molecule has 2 heterocycles. The molecule has 9 heteroatoms. The zero-order chi connectivity index (χ0) is 21.0. The van der Waals surface area contributed by atoms with Gasteiger partial charge in [0.15, 0.2) is 0 Å². The summed E-state index contributed by atoms with van der Waals surface area (Å²) in [5.74, 6) is -1.03. The van der Waals surface area contributed by atoms with E-state index in [1.165, 1.54) is 15.9 Å². The van der Waals surface area contributed by atoms with E-state index in [1.807, 2.05) is 6.92 Å². The summed E-state index contributed by atoms with van der Waals surface area (Å²) in [6.45, 7) is 3.77. The number of benzene rings is 1. The molecule has 0 unspecified atom stereocenters. The van der Waals surface area contributed by atoms with Crippen LogP contribution in [-0.2, 0) is 22.6 Å². The summed E-state index contributed by atoms with van der Waals surface area (Å²) in [7, 11) is 0. The van der Waals surface area contributed by atoms with Crippen molar-refractivity contribution in [2.24, 2.45) is 0 Å². The van der Waals surface area contributed by atoms with E-state index in [0.717, 1.165) is 4.57 Å². The Bertz CT molecular complexity index is 1170. The van der Waals surface area contributed by atoms with Gasteiger partial charge >= 0.3 is 11.7 Å². The molecule has 0 saturated carbocycles. The van der Waals surface area contributed by atoms with Crippen LogP contribution in [0.25, 0.3) is 10.2 Å². The largest absolute Gasteiger partial charge is 0.462 e. The van der Waals surface area contributed by atoms with Crippen LogP contribution in [0.1, 0.15) is 30.6 Å². The highest BCUT2D eigenvalue weighted by atomic mass is 32.1. The molecule has 0 aliphatic rings. The van der Waals surface area contributed by atoms with Gasteiger partial charge in [-0.05, 0) is 36.9 Å². The number of carbonyl (C=O) groups is 2. The smallest absolute Gasteiger partial charge is 0.340 e. The van der Waals surface area contributed by atoms with Crippen LogP contribution in [0.3, 0.4) is 0 Å². The van der Waals surface area contributed by atoms with Crippen LogP contribution < -0.4 is 16.6 Å². The van der Waals surface area contributed by atoms with Crippen LogP contribution in [0.4, 0.5) is 5.69 Å². The average molecular weight is 415 g/mol. The number of ether oxygens (including phenoxy) is 1. The fourth-order valence-electron chi connectivity index (χ4n) is 3.02. The fraction of sp³-hybridized carbons (Fsp3) is 0.300. The van der Waals surface area contributed by atoms with E-state index in [2.05, 4.69) is 5.32 Å². The molecule has 0 aliphatic carbocycles. The molecule has 2 aromatic heterocycles. The van der Waals surface area contributed by atoms with Gasteiger partial charge in [0, 0.05) is 6.54 Å². The first-order valence-electron chi connectivity index (χ1n) is 9.24. The number of carbonyl (C=O) groups excluding carboxylic acids is 2. The molecule has 0 atom stereocenters. The molecule has 1 amide bonds. The number of esters is 1. The van der Waals surface area contributed by atoms with Gasteiger partial charge in [-0.15, -0.1) is 11.3 Å². The van der Waals surface area contributed by atoms with Gasteiger partial charge < -0.3 is 10.1 Å². The summed E-state index contributed by atoms with van der Waals surface area (Å²) in [5, 5.41) is 4.38. The molecule has 0 fully saturated rings. The molecule has 0 spiro atoms. The summed E-state index contributed by atoms with van der Waals surface area (Å²) >= 11 is 1.23. The third-order valence-corrected chi connectivity index (χ3v) is 5.17.